The molecule has 8 heteroatoms. The number of nitrogens with zero attached hydrogens (tertiary/aromatic N) is 4. The number of pyridine rings is 1. The monoisotopic (exact) mass is 502 g/mol. The van der Waals surface area contributed by atoms with Crippen LogP contribution in [0.4, 0.5) is 0 Å². The molecule has 5 fully saturated rings. The van der Waals surface area contributed by atoms with Gasteiger partial charge >= 0.3 is 0 Å². The molecule has 3 heterocycles. The number of hydrogen-bond donors (Lipinski definition) is 3. The third kappa shape index (κ3) is 4.08. The summed E-state index contributed by atoms with van der Waals surface area (Å²) in [5.74, 6) is 2.63. The number of hydrogen-bond acceptors (Lipinski definition) is 5. The van der Waals surface area contributed by atoms with Crippen LogP contribution in [0.3, 0.4) is 0 Å². The maximum atomic E-state index is 13.6. The standard InChI is InChI=1S/C29H38N6O2/c1-30-8-6-18-2-4-21(5-3-18)35-24(33-23-16-32-27-22(26(23)35)7-9-31-27)11-25(36)34-28-12-19-10-20(13-28)15-29(37,14-19)17-28/h7-9,16,18-21,37H,2-6,10-15,17H2,1H3,(H,31,32)(H,34,36)/b30-8-/t18-,19?,20?,21-,28?,29?. The average molecular weight is 503 g/mol. The van der Waals surface area contributed by atoms with Gasteiger partial charge in [-0.2, -0.15) is 0 Å². The molecule has 5 aliphatic rings. The molecule has 5 aliphatic carbocycles. The lowest BCUT2D eigenvalue weighted by molar-refractivity contribution is -0.150. The second-order valence-electron chi connectivity index (χ2n) is 12.7. The SMILES string of the molecule is C/N=C\C[C@H]1CC[C@H](n2c(CC(=O)NC34CC5CC(CC(O)(C5)C3)C4)nc3cnc4[nH]ccc4c32)CC1. The van der Waals surface area contributed by atoms with Gasteiger partial charge in [0.1, 0.15) is 17.0 Å². The Morgan fingerprint density at radius 1 is 1.24 bits per heavy atom. The zero-order valence-electron chi connectivity index (χ0n) is 21.7. The van der Waals surface area contributed by atoms with Crippen molar-refractivity contribution in [2.45, 2.75) is 94.2 Å². The minimum Gasteiger partial charge on any atom is -0.390 e. The molecule has 2 unspecified atom stereocenters. The molecule has 37 heavy (non-hydrogen) atoms. The molecular formula is C29H38N6O2. The predicted octanol–water partition coefficient (Wildman–Crippen LogP) is 4.48. The van der Waals surface area contributed by atoms with Crippen molar-refractivity contribution < 1.29 is 9.90 Å². The minimum atomic E-state index is -0.586. The van der Waals surface area contributed by atoms with Crippen LogP contribution in [0, 0.1) is 17.8 Å². The number of rotatable bonds is 6. The first kappa shape index (κ1) is 23.4. The third-order valence-electron chi connectivity index (χ3n) is 9.86. The number of aromatic nitrogens is 4. The summed E-state index contributed by atoms with van der Waals surface area (Å²) in [4.78, 5) is 30.6. The fraction of sp³-hybridized carbons (Fsp3) is 0.655. The summed E-state index contributed by atoms with van der Waals surface area (Å²) >= 11 is 0. The van der Waals surface area contributed by atoms with Gasteiger partial charge in [-0.15, -0.1) is 0 Å². The normalized spacial score (nSPS) is 35.2. The molecule has 5 saturated carbocycles. The summed E-state index contributed by atoms with van der Waals surface area (Å²) < 4.78 is 2.37. The Morgan fingerprint density at radius 2 is 2.03 bits per heavy atom. The van der Waals surface area contributed by atoms with Crippen molar-refractivity contribution >= 4 is 34.2 Å². The van der Waals surface area contributed by atoms with Crippen molar-refractivity contribution in [1.29, 1.82) is 0 Å². The molecule has 8 rings (SSSR count). The molecule has 0 aromatic carbocycles. The van der Waals surface area contributed by atoms with Crippen molar-refractivity contribution in [3.8, 4) is 0 Å². The summed E-state index contributed by atoms with van der Waals surface area (Å²) in [6.45, 7) is 0. The first-order valence-corrected chi connectivity index (χ1v) is 14.2. The Labute approximate surface area is 217 Å². The van der Waals surface area contributed by atoms with E-state index in [9.17, 15) is 9.90 Å². The number of fused-ring (bicyclic) bond motifs is 3. The van der Waals surface area contributed by atoms with Crippen LogP contribution in [-0.2, 0) is 11.2 Å². The maximum Gasteiger partial charge on any atom is 0.228 e. The highest BCUT2D eigenvalue weighted by molar-refractivity contribution is 6.01. The van der Waals surface area contributed by atoms with E-state index in [1.807, 2.05) is 25.7 Å². The molecule has 1 amide bonds. The van der Waals surface area contributed by atoms with Crippen LogP contribution in [0.25, 0.3) is 22.1 Å². The molecular weight excluding hydrogens is 464 g/mol. The minimum absolute atomic E-state index is 0.0354. The summed E-state index contributed by atoms with van der Waals surface area (Å²) in [6, 6.07) is 2.40. The number of carbonyl (C=O) groups is 1. The zero-order chi connectivity index (χ0) is 25.2. The van der Waals surface area contributed by atoms with Gasteiger partial charge in [0, 0.05) is 30.2 Å². The van der Waals surface area contributed by atoms with E-state index in [-0.39, 0.29) is 17.9 Å². The molecule has 3 aromatic heterocycles. The summed E-state index contributed by atoms with van der Waals surface area (Å²) in [5, 5.41) is 15.7. The first-order valence-electron chi connectivity index (χ1n) is 14.2. The van der Waals surface area contributed by atoms with E-state index in [1.54, 1.807) is 0 Å². The number of carbonyl (C=O) groups excluding carboxylic acids is 1. The lowest BCUT2D eigenvalue weighted by atomic mass is 9.51. The van der Waals surface area contributed by atoms with Crippen molar-refractivity contribution in [1.82, 2.24) is 24.8 Å². The quantitative estimate of drug-likeness (QED) is 0.432. The second-order valence-corrected chi connectivity index (χ2v) is 12.7. The lowest BCUT2D eigenvalue weighted by Gasteiger charge is -2.60. The molecule has 4 bridgehead atoms. The molecule has 0 radical (unpaired) electrons. The third-order valence-corrected chi connectivity index (χ3v) is 9.86. The number of aliphatic imine (C=N–C) groups is 1. The van der Waals surface area contributed by atoms with Crippen LogP contribution < -0.4 is 5.32 Å². The summed E-state index contributed by atoms with van der Waals surface area (Å²) in [6.07, 6.45) is 17.3. The van der Waals surface area contributed by atoms with E-state index < -0.39 is 5.60 Å². The molecule has 196 valence electrons. The zero-order valence-corrected chi connectivity index (χ0v) is 21.7. The van der Waals surface area contributed by atoms with Crippen LogP contribution in [0.15, 0.2) is 23.5 Å². The van der Waals surface area contributed by atoms with Gasteiger partial charge in [-0.1, -0.05) is 0 Å². The fourth-order valence-corrected chi connectivity index (χ4v) is 8.90. The number of aliphatic hydroxyl groups is 1. The van der Waals surface area contributed by atoms with Crippen molar-refractivity contribution in [2.75, 3.05) is 7.05 Å². The molecule has 0 aliphatic heterocycles. The topological polar surface area (TPSA) is 108 Å². The molecule has 0 saturated heterocycles. The maximum absolute atomic E-state index is 13.6. The Bertz CT molecular complexity index is 1350. The molecule has 3 N–H and O–H groups in total. The molecule has 8 nitrogen and oxygen atoms in total. The number of H-pyrrole nitrogens is 1. The summed E-state index contributed by atoms with van der Waals surface area (Å²) in [5.41, 5.74) is 1.98. The van der Waals surface area contributed by atoms with Gasteiger partial charge in [-0.3, -0.25) is 4.79 Å². The van der Waals surface area contributed by atoms with Crippen molar-refractivity contribution in [3.63, 3.8) is 0 Å². The Hall–Kier alpha value is -2.74. The van der Waals surface area contributed by atoms with Crippen molar-refractivity contribution in [2.24, 2.45) is 22.7 Å². The van der Waals surface area contributed by atoms with Crippen LogP contribution in [0.5, 0.6) is 0 Å². The van der Waals surface area contributed by atoms with Gasteiger partial charge in [-0.25, -0.2) is 9.97 Å². The molecule has 0 spiro atoms. The van der Waals surface area contributed by atoms with Crippen LogP contribution in [-0.4, -0.2) is 54.9 Å². The Balaban J connectivity index is 1.18. The van der Waals surface area contributed by atoms with E-state index in [2.05, 4.69) is 30.9 Å². The fourth-order valence-electron chi connectivity index (χ4n) is 8.90. The Kier molecular flexibility index (Phi) is 5.47. The number of imidazole rings is 1. The van der Waals surface area contributed by atoms with E-state index in [4.69, 9.17) is 4.98 Å². The largest absolute Gasteiger partial charge is 0.390 e. The van der Waals surface area contributed by atoms with E-state index >= 15 is 0 Å². The first-order chi connectivity index (χ1) is 17.9. The smallest absolute Gasteiger partial charge is 0.228 e. The molecule has 3 aromatic rings. The second kappa shape index (κ2) is 8.65. The van der Waals surface area contributed by atoms with Gasteiger partial charge in [0.05, 0.1) is 23.7 Å². The highest BCUT2D eigenvalue weighted by atomic mass is 16.3. The van der Waals surface area contributed by atoms with E-state index in [1.165, 1.54) is 6.42 Å². The number of aromatic amines is 1. The van der Waals surface area contributed by atoms with Crippen LogP contribution in [0.2, 0.25) is 0 Å². The van der Waals surface area contributed by atoms with E-state index in [0.29, 0.717) is 30.2 Å². The number of nitrogens with one attached hydrogen (secondary N) is 2. The molecule has 2 atom stereocenters. The van der Waals surface area contributed by atoms with Gasteiger partial charge in [0.2, 0.25) is 5.91 Å². The number of amides is 1. The lowest BCUT2D eigenvalue weighted by Crippen LogP contribution is -2.65. The highest BCUT2D eigenvalue weighted by Gasteiger charge is 2.57. The van der Waals surface area contributed by atoms with Gasteiger partial charge in [-0.05, 0) is 101 Å². The van der Waals surface area contributed by atoms with Crippen molar-refractivity contribution in [3.05, 3.63) is 24.3 Å². The van der Waals surface area contributed by atoms with Gasteiger partial charge in [0.15, 0.2) is 0 Å². The summed E-state index contributed by atoms with van der Waals surface area (Å²) in [7, 11) is 1.85. The highest BCUT2D eigenvalue weighted by Crippen LogP contribution is 2.57. The Morgan fingerprint density at radius 3 is 2.76 bits per heavy atom. The average Bonchev–Trinajstić information content (AvgIpc) is 3.45. The van der Waals surface area contributed by atoms with E-state index in [0.717, 1.165) is 85.7 Å². The van der Waals surface area contributed by atoms with Gasteiger partial charge in [0.25, 0.3) is 0 Å². The van der Waals surface area contributed by atoms with Crippen LogP contribution >= 0.6 is 0 Å². The predicted molar refractivity (Wildman–Crippen MR) is 144 cm³/mol. The van der Waals surface area contributed by atoms with Gasteiger partial charge < -0.3 is 25.0 Å². The van der Waals surface area contributed by atoms with Crippen LogP contribution in [0.1, 0.15) is 82.5 Å².